The van der Waals surface area contributed by atoms with Crippen molar-refractivity contribution in [1.82, 2.24) is 9.80 Å². The number of benzene rings is 3. The Labute approximate surface area is 259 Å². The molecule has 2 amide bonds. The zero-order chi connectivity index (χ0) is 31.5. The number of nitrogens with zero attached hydrogens (tertiary/aromatic N) is 2. The highest BCUT2D eigenvalue weighted by molar-refractivity contribution is 5.96. The maximum Gasteiger partial charge on any atom is 0.254 e. The van der Waals surface area contributed by atoms with Crippen LogP contribution in [-0.2, 0) is 4.79 Å². The second-order valence-electron chi connectivity index (χ2n) is 10.3. The highest BCUT2D eigenvalue weighted by atomic mass is 16.5. The molecular formula is C35H42N2O7. The fraction of sp³-hybridized carbons (Fsp3) is 0.371. The van der Waals surface area contributed by atoms with Crippen LogP contribution in [0.15, 0.2) is 60.7 Å². The lowest BCUT2D eigenvalue weighted by Gasteiger charge is -2.34. The second kappa shape index (κ2) is 15.7. The standard InChI is InChI=1S/C35H42N2O7/c1-6-19-43-29-13-12-27(22-30(29)44-20-7-2)26-10-8-9-25(21-26)11-14-33(38)36-15-17-37(18-16-36)35(39)28-23-31(40-3)34(42-5)32(24-28)41-4/h8-14,21-24H,6-7,15-20H2,1-5H3/b14-11+. The number of methoxy groups -OCH3 is 3. The SMILES string of the molecule is CCCOc1ccc(-c2cccc(/C=C/C(=O)N3CCN(C(=O)c4cc(OC)c(OC)c(OC)c4)CC3)c2)cc1OCCC. The third kappa shape index (κ3) is 7.83. The van der Waals surface area contributed by atoms with Crippen LogP contribution in [0.1, 0.15) is 42.6 Å². The quantitative estimate of drug-likeness (QED) is 0.223. The molecule has 0 aliphatic carbocycles. The molecule has 0 aromatic heterocycles. The van der Waals surface area contributed by atoms with E-state index in [2.05, 4.69) is 13.8 Å². The largest absolute Gasteiger partial charge is 0.493 e. The summed E-state index contributed by atoms with van der Waals surface area (Å²) in [6.45, 7) is 7.11. The molecule has 0 spiro atoms. The molecular weight excluding hydrogens is 560 g/mol. The predicted octanol–water partition coefficient (Wildman–Crippen LogP) is 5.95. The van der Waals surface area contributed by atoms with E-state index in [-0.39, 0.29) is 11.8 Å². The van der Waals surface area contributed by atoms with Crippen LogP contribution in [-0.4, -0.2) is 82.3 Å². The Bertz CT molecular complexity index is 1440. The van der Waals surface area contributed by atoms with E-state index in [0.717, 1.165) is 41.0 Å². The summed E-state index contributed by atoms with van der Waals surface area (Å²) in [7, 11) is 4.55. The van der Waals surface area contributed by atoms with Gasteiger partial charge in [0.1, 0.15) is 0 Å². The van der Waals surface area contributed by atoms with E-state index >= 15 is 0 Å². The molecule has 1 heterocycles. The highest BCUT2D eigenvalue weighted by Gasteiger charge is 2.26. The molecule has 3 aromatic carbocycles. The van der Waals surface area contributed by atoms with Crippen LogP contribution in [0.4, 0.5) is 0 Å². The topological polar surface area (TPSA) is 86.8 Å². The van der Waals surface area contributed by atoms with Gasteiger partial charge in [0, 0.05) is 37.8 Å². The summed E-state index contributed by atoms with van der Waals surface area (Å²) >= 11 is 0. The molecule has 1 saturated heterocycles. The lowest BCUT2D eigenvalue weighted by molar-refractivity contribution is -0.127. The van der Waals surface area contributed by atoms with Crippen molar-refractivity contribution in [2.24, 2.45) is 0 Å². The van der Waals surface area contributed by atoms with Crippen LogP contribution < -0.4 is 23.7 Å². The van der Waals surface area contributed by atoms with Crippen molar-refractivity contribution >= 4 is 17.9 Å². The Balaban J connectivity index is 1.39. The van der Waals surface area contributed by atoms with Crippen molar-refractivity contribution in [2.45, 2.75) is 26.7 Å². The van der Waals surface area contributed by atoms with Gasteiger partial charge >= 0.3 is 0 Å². The number of ether oxygens (including phenoxy) is 5. The number of carbonyl (C=O) groups is 2. The summed E-state index contributed by atoms with van der Waals surface area (Å²) < 4.78 is 28.0. The molecule has 1 aliphatic rings. The number of piperazine rings is 1. The van der Waals surface area contributed by atoms with Crippen molar-refractivity contribution in [3.63, 3.8) is 0 Å². The predicted molar refractivity (Wildman–Crippen MR) is 171 cm³/mol. The van der Waals surface area contributed by atoms with E-state index in [1.54, 1.807) is 28.0 Å². The first kappa shape index (κ1) is 32.3. The molecule has 1 aliphatic heterocycles. The zero-order valence-corrected chi connectivity index (χ0v) is 26.3. The van der Waals surface area contributed by atoms with Gasteiger partial charge in [-0.2, -0.15) is 0 Å². The third-order valence-corrected chi connectivity index (χ3v) is 7.30. The van der Waals surface area contributed by atoms with Gasteiger partial charge in [-0.3, -0.25) is 9.59 Å². The van der Waals surface area contributed by atoms with Crippen LogP contribution in [0.2, 0.25) is 0 Å². The van der Waals surface area contributed by atoms with Gasteiger partial charge in [-0.15, -0.1) is 0 Å². The Hall–Kier alpha value is -4.66. The summed E-state index contributed by atoms with van der Waals surface area (Å²) in [4.78, 5) is 29.8. The highest BCUT2D eigenvalue weighted by Crippen LogP contribution is 2.38. The zero-order valence-electron chi connectivity index (χ0n) is 26.3. The molecule has 234 valence electrons. The Kier molecular flexibility index (Phi) is 11.5. The molecule has 0 atom stereocenters. The van der Waals surface area contributed by atoms with Gasteiger partial charge in [-0.05, 0) is 65.9 Å². The molecule has 0 bridgehead atoms. The molecule has 0 N–H and O–H groups in total. The molecule has 0 saturated carbocycles. The lowest BCUT2D eigenvalue weighted by atomic mass is 10.0. The van der Waals surface area contributed by atoms with Gasteiger partial charge in [0.05, 0.1) is 34.5 Å². The van der Waals surface area contributed by atoms with Gasteiger partial charge in [0.15, 0.2) is 23.0 Å². The third-order valence-electron chi connectivity index (χ3n) is 7.30. The van der Waals surface area contributed by atoms with Gasteiger partial charge in [-0.1, -0.05) is 38.1 Å². The van der Waals surface area contributed by atoms with E-state index in [1.165, 1.54) is 21.3 Å². The summed E-state index contributed by atoms with van der Waals surface area (Å²) in [5, 5.41) is 0. The summed E-state index contributed by atoms with van der Waals surface area (Å²) in [5.41, 5.74) is 3.37. The number of carbonyl (C=O) groups excluding carboxylic acids is 2. The van der Waals surface area contributed by atoms with Crippen molar-refractivity contribution in [2.75, 3.05) is 60.7 Å². The molecule has 4 rings (SSSR count). The average molecular weight is 603 g/mol. The summed E-state index contributed by atoms with van der Waals surface area (Å²) in [6.07, 6.45) is 5.24. The van der Waals surface area contributed by atoms with Crippen LogP contribution in [0.5, 0.6) is 28.7 Å². The fourth-order valence-electron chi connectivity index (χ4n) is 4.96. The van der Waals surface area contributed by atoms with E-state index in [4.69, 9.17) is 23.7 Å². The molecule has 9 nitrogen and oxygen atoms in total. The first-order valence-electron chi connectivity index (χ1n) is 15.0. The normalized spacial score (nSPS) is 13.1. The van der Waals surface area contributed by atoms with Crippen LogP contribution >= 0.6 is 0 Å². The lowest BCUT2D eigenvalue weighted by Crippen LogP contribution is -2.50. The minimum atomic E-state index is -0.156. The fourth-order valence-corrected chi connectivity index (χ4v) is 4.96. The molecule has 0 unspecified atom stereocenters. The summed E-state index contributed by atoms with van der Waals surface area (Å²) in [5.74, 6) is 2.50. The number of rotatable bonds is 13. The van der Waals surface area contributed by atoms with Crippen LogP contribution in [0, 0.1) is 0 Å². The van der Waals surface area contributed by atoms with E-state index < -0.39 is 0 Å². The van der Waals surface area contributed by atoms with E-state index in [9.17, 15) is 9.59 Å². The first-order chi connectivity index (χ1) is 21.4. The van der Waals surface area contributed by atoms with Crippen LogP contribution in [0.3, 0.4) is 0 Å². The number of hydrogen-bond acceptors (Lipinski definition) is 7. The monoisotopic (exact) mass is 602 g/mol. The first-order valence-corrected chi connectivity index (χ1v) is 15.0. The van der Waals surface area contributed by atoms with Crippen molar-refractivity contribution < 1.29 is 33.3 Å². The minimum Gasteiger partial charge on any atom is -0.493 e. The Morgan fingerprint density at radius 1 is 0.705 bits per heavy atom. The second-order valence-corrected chi connectivity index (χ2v) is 10.3. The van der Waals surface area contributed by atoms with E-state index in [0.29, 0.717) is 62.2 Å². The van der Waals surface area contributed by atoms with Gasteiger partial charge in [-0.25, -0.2) is 0 Å². The van der Waals surface area contributed by atoms with Gasteiger partial charge < -0.3 is 33.5 Å². The Morgan fingerprint density at radius 2 is 1.32 bits per heavy atom. The molecule has 0 radical (unpaired) electrons. The van der Waals surface area contributed by atoms with Gasteiger partial charge in [0.25, 0.3) is 5.91 Å². The molecule has 1 fully saturated rings. The smallest absolute Gasteiger partial charge is 0.254 e. The van der Waals surface area contributed by atoms with Crippen molar-refractivity contribution in [3.05, 3.63) is 71.8 Å². The number of amides is 2. The summed E-state index contributed by atoms with van der Waals surface area (Å²) in [6, 6.07) is 17.3. The van der Waals surface area contributed by atoms with Gasteiger partial charge in [0.2, 0.25) is 11.7 Å². The van der Waals surface area contributed by atoms with Crippen molar-refractivity contribution in [1.29, 1.82) is 0 Å². The van der Waals surface area contributed by atoms with Crippen LogP contribution in [0.25, 0.3) is 17.2 Å². The number of hydrogen-bond donors (Lipinski definition) is 0. The Morgan fingerprint density at radius 3 is 1.93 bits per heavy atom. The van der Waals surface area contributed by atoms with Crippen molar-refractivity contribution in [3.8, 4) is 39.9 Å². The molecule has 3 aromatic rings. The molecule has 9 heteroatoms. The maximum atomic E-state index is 13.3. The maximum absolute atomic E-state index is 13.3. The molecule has 44 heavy (non-hydrogen) atoms. The minimum absolute atomic E-state index is 0.0945. The average Bonchev–Trinajstić information content (AvgIpc) is 3.07. The van der Waals surface area contributed by atoms with E-state index in [1.807, 2.05) is 48.5 Å².